The van der Waals surface area contributed by atoms with Crippen LogP contribution in [0.3, 0.4) is 0 Å². The molecule has 1 aliphatic heterocycles. The van der Waals surface area contributed by atoms with Crippen molar-refractivity contribution in [3.8, 4) is 0 Å². The van der Waals surface area contributed by atoms with Gasteiger partial charge in [-0.2, -0.15) is 0 Å². The topological polar surface area (TPSA) is 3.24 Å². The van der Waals surface area contributed by atoms with Gasteiger partial charge in [0.25, 0.3) is 0 Å². The van der Waals surface area contributed by atoms with Crippen LogP contribution in [0, 0.1) is 0 Å². The Balaban J connectivity index is 1.69. The smallest absolute Gasteiger partial charge is 0.0248 e. The third-order valence-corrected chi connectivity index (χ3v) is 4.76. The monoisotopic (exact) mass is 307 g/mol. The Morgan fingerprint density at radius 2 is 2.00 bits per heavy atom. The lowest BCUT2D eigenvalue weighted by molar-refractivity contribution is 0.247. The van der Waals surface area contributed by atoms with Gasteiger partial charge in [0.15, 0.2) is 0 Å². The zero-order valence-corrected chi connectivity index (χ0v) is 11.9. The van der Waals surface area contributed by atoms with Gasteiger partial charge in [0.05, 0.1) is 0 Å². The van der Waals surface area contributed by atoms with Crippen molar-refractivity contribution in [2.45, 2.75) is 19.5 Å². The number of halogens is 1. The summed E-state index contributed by atoms with van der Waals surface area (Å²) in [5.41, 5.74) is 2.92. The second-order valence-electron chi connectivity index (χ2n) is 4.46. The number of thiophene rings is 1. The van der Waals surface area contributed by atoms with Crippen molar-refractivity contribution < 1.29 is 0 Å². The summed E-state index contributed by atoms with van der Waals surface area (Å²) in [6, 6.07) is 10.9. The van der Waals surface area contributed by atoms with Crippen LogP contribution in [0.15, 0.2) is 40.2 Å². The molecule has 0 radical (unpaired) electrons. The van der Waals surface area contributed by atoms with Crippen LogP contribution >= 0.6 is 27.3 Å². The van der Waals surface area contributed by atoms with E-state index in [0.29, 0.717) is 0 Å². The molecule has 0 N–H and O–H groups in total. The number of hydrogen-bond donors (Lipinski definition) is 0. The number of rotatable bonds is 2. The predicted molar refractivity (Wildman–Crippen MR) is 76.3 cm³/mol. The molecular weight excluding hydrogens is 294 g/mol. The van der Waals surface area contributed by atoms with Crippen LogP contribution in [0.5, 0.6) is 0 Å². The minimum Gasteiger partial charge on any atom is -0.294 e. The third-order valence-electron chi connectivity index (χ3n) is 3.21. The molecular formula is C14H14BrNS. The van der Waals surface area contributed by atoms with E-state index in [1.807, 2.05) is 11.3 Å². The van der Waals surface area contributed by atoms with Gasteiger partial charge in [-0.1, -0.05) is 28.1 Å². The standard InChI is InChI=1S/C14H14BrNS/c15-13-3-1-11(2-4-13)9-16-7-5-14-12(10-16)6-8-17-14/h1-4,6,8H,5,7,9-10H2. The van der Waals surface area contributed by atoms with Gasteiger partial charge in [-0.3, -0.25) is 4.90 Å². The number of benzene rings is 1. The van der Waals surface area contributed by atoms with E-state index in [1.165, 1.54) is 24.1 Å². The van der Waals surface area contributed by atoms with E-state index in [9.17, 15) is 0 Å². The van der Waals surface area contributed by atoms with E-state index in [-0.39, 0.29) is 0 Å². The quantitative estimate of drug-likeness (QED) is 0.808. The van der Waals surface area contributed by atoms with Gasteiger partial charge in [-0.15, -0.1) is 11.3 Å². The summed E-state index contributed by atoms with van der Waals surface area (Å²) < 4.78 is 1.15. The van der Waals surface area contributed by atoms with Gasteiger partial charge in [0, 0.05) is 29.0 Å². The summed E-state index contributed by atoms with van der Waals surface area (Å²) in [7, 11) is 0. The summed E-state index contributed by atoms with van der Waals surface area (Å²) in [5.74, 6) is 0. The molecule has 88 valence electrons. The highest BCUT2D eigenvalue weighted by Crippen LogP contribution is 2.25. The van der Waals surface area contributed by atoms with Crippen molar-refractivity contribution in [2.75, 3.05) is 6.54 Å². The van der Waals surface area contributed by atoms with Crippen molar-refractivity contribution in [3.05, 3.63) is 56.2 Å². The molecule has 0 bridgehead atoms. The third kappa shape index (κ3) is 2.62. The van der Waals surface area contributed by atoms with Crippen LogP contribution in [0.1, 0.15) is 16.0 Å². The molecule has 0 unspecified atom stereocenters. The molecule has 0 spiro atoms. The van der Waals surface area contributed by atoms with Crippen LogP contribution in [-0.2, 0) is 19.5 Å². The molecule has 2 aromatic rings. The Bertz CT molecular complexity index is 503. The second kappa shape index (κ2) is 4.92. The highest BCUT2D eigenvalue weighted by atomic mass is 79.9. The minimum atomic E-state index is 1.06. The first kappa shape index (κ1) is 11.5. The first-order valence-corrected chi connectivity index (χ1v) is 7.50. The molecule has 0 aliphatic carbocycles. The minimum absolute atomic E-state index is 1.06. The second-order valence-corrected chi connectivity index (χ2v) is 6.37. The fourth-order valence-corrected chi connectivity index (χ4v) is 3.44. The molecule has 0 amide bonds. The van der Waals surface area contributed by atoms with E-state index in [1.54, 1.807) is 4.88 Å². The Kier molecular flexibility index (Phi) is 3.32. The van der Waals surface area contributed by atoms with Crippen LogP contribution < -0.4 is 0 Å². The van der Waals surface area contributed by atoms with Crippen molar-refractivity contribution in [1.82, 2.24) is 4.90 Å². The zero-order chi connectivity index (χ0) is 11.7. The normalized spacial score (nSPS) is 15.8. The largest absolute Gasteiger partial charge is 0.294 e. The average molecular weight is 308 g/mol. The molecule has 3 heteroatoms. The fraction of sp³-hybridized carbons (Fsp3) is 0.286. The lowest BCUT2D eigenvalue weighted by Crippen LogP contribution is -2.29. The van der Waals surface area contributed by atoms with Crippen LogP contribution in [0.2, 0.25) is 0 Å². The van der Waals surface area contributed by atoms with Crippen molar-refractivity contribution in [1.29, 1.82) is 0 Å². The van der Waals surface area contributed by atoms with Crippen LogP contribution in [0.25, 0.3) is 0 Å². The van der Waals surface area contributed by atoms with Crippen molar-refractivity contribution in [3.63, 3.8) is 0 Å². The summed E-state index contributed by atoms with van der Waals surface area (Å²) >= 11 is 5.38. The lowest BCUT2D eigenvalue weighted by atomic mass is 10.1. The maximum atomic E-state index is 3.47. The Labute approximate surface area is 114 Å². The van der Waals surface area contributed by atoms with Crippen molar-refractivity contribution in [2.24, 2.45) is 0 Å². The molecule has 1 nitrogen and oxygen atoms in total. The Hall–Kier alpha value is -0.640. The van der Waals surface area contributed by atoms with E-state index in [4.69, 9.17) is 0 Å². The summed E-state index contributed by atoms with van der Waals surface area (Å²) in [4.78, 5) is 4.11. The van der Waals surface area contributed by atoms with Gasteiger partial charge in [-0.05, 0) is 41.1 Å². The molecule has 0 saturated heterocycles. The molecule has 1 aromatic carbocycles. The zero-order valence-electron chi connectivity index (χ0n) is 9.53. The van der Waals surface area contributed by atoms with Gasteiger partial charge in [-0.25, -0.2) is 0 Å². The SMILES string of the molecule is Brc1ccc(CN2CCc3sccc3C2)cc1. The number of hydrogen-bond acceptors (Lipinski definition) is 2. The molecule has 1 aromatic heterocycles. The first-order chi connectivity index (χ1) is 8.31. The van der Waals surface area contributed by atoms with E-state index in [0.717, 1.165) is 17.6 Å². The van der Waals surface area contributed by atoms with Crippen LogP contribution in [-0.4, -0.2) is 11.4 Å². The Morgan fingerprint density at radius 3 is 2.82 bits per heavy atom. The lowest BCUT2D eigenvalue weighted by Gasteiger charge is -2.26. The molecule has 0 fully saturated rings. The maximum Gasteiger partial charge on any atom is 0.0248 e. The molecule has 3 rings (SSSR count). The molecule has 0 saturated carbocycles. The highest BCUT2D eigenvalue weighted by molar-refractivity contribution is 9.10. The predicted octanol–water partition coefficient (Wildman–Crippen LogP) is 4.07. The summed E-state index contributed by atoms with van der Waals surface area (Å²) in [5, 5.41) is 2.22. The van der Waals surface area contributed by atoms with Gasteiger partial charge in [0.2, 0.25) is 0 Å². The van der Waals surface area contributed by atoms with Crippen molar-refractivity contribution >= 4 is 27.3 Å². The van der Waals surface area contributed by atoms with Gasteiger partial charge >= 0.3 is 0 Å². The summed E-state index contributed by atoms with van der Waals surface area (Å²) in [6.07, 6.45) is 1.21. The molecule has 2 heterocycles. The van der Waals surface area contributed by atoms with E-state index < -0.39 is 0 Å². The fourth-order valence-electron chi connectivity index (χ4n) is 2.29. The maximum absolute atomic E-state index is 3.47. The van der Waals surface area contributed by atoms with Gasteiger partial charge < -0.3 is 0 Å². The number of nitrogens with zero attached hydrogens (tertiary/aromatic N) is 1. The van der Waals surface area contributed by atoms with E-state index >= 15 is 0 Å². The molecule has 17 heavy (non-hydrogen) atoms. The van der Waals surface area contributed by atoms with E-state index in [2.05, 4.69) is 56.5 Å². The number of fused-ring (bicyclic) bond motifs is 1. The Morgan fingerprint density at radius 1 is 1.18 bits per heavy atom. The first-order valence-electron chi connectivity index (χ1n) is 5.83. The van der Waals surface area contributed by atoms with Crippen LogP contribution in [0.4, 0.5) is 0 Å². The average Bonchev–Trinajstić information content (AvgIpc) is 2.79. The highest BCUT2D eigenvalue weighted by Gasteiger charge is 2.16. The van der Waals surface area contributed by atoms with Gasteiger partial charge in [0.1, 0.15) is 0 Å². The molecule has 1 aliphatic rings. The summed E-state index contributed by atoms with van der Waals surface area (Å²) in [6.45, 7) is 3.35. The molecule has 0 atom stereocenters.